The van der Waals surface area contributed by atoms with Crippen LogP contribution in [0.1, 0.15) is 70.9 Å². The van der Waals surface area contributed by atoms with Crippen LogP contribution in [0.5, 0.6) is 0 Å². The molecule has 0 fully saturated rings. The quantitative estimate of drug-likeness (QED) is 0.720. The summed E-state index contributed by atoms with van der Waals surface area (Å²) in [6.07, 6.45) is 2.37. The SMILES string of the molecule is CC(C)CCN(CCC(C)C)c1nc(C(C)C)c(CO)s1. The highest BCUT2D eigenvalue weighted by atomic mass is 32.1. The Morgan fingerprint density at radius 3 is 1.86 bits per heavy atom. The summed E-state index contributed by atoms with van der Waals surface area (Å²) in [6.45, 7) is 15.6. The fourth-order valence-corrected chi connectivity index (χ4v) is 3.31. The first-order valence-corrected chi connectivity index (χ1v) is 9.02. The topological polar surface area (TPSA) is 36.4 Å². The van der Waals surface area contributed by atoms with Crippen LogP contribution >= 0.6 is 11.3 Å². The molecule has 0 aliphatic heterocycles. The van der Waals surface area contributed by atoms with Crippen molar-refractivity contribution in [3.05, 3.63) is 10.6 Å². The molecule has 3 nitrogen and oxygen atoms in total. The third-order valence-electron chi connectivity index (χ3n) is 3.63. The molecule has 0 saturated carbocycles. The van der Waals surface area contributed by atoms with E-state index in [0.717, 1.165) is 28.8 Å². The second-order valence-corrected chi connectivity index (χ2v) is 8.03. The second-order valence-electron chi connectivity index (χ2n) is 6.97. The van der Waals surface area contributed by atoms with Gasteiger partial charge in [0, 0.05) is 13.1 Å². The number of hydrogen-bond acceptors (Lipinski definition) is 4. The van der Waals surface area contributed by atoms with E-state index < -0.39 is 0 Å². The van der Waals surface area contributed by atoms with Crippen LogP contribution in [0.3, 0.4) is 0 Å². The van der Waals surface area contributed by atoms with Crippen LogP contribution in [-0.2, 0) is 6.61 Å². The van der Waals surface area contributed by atoms with Crippen LogP contribution in [0.25, 0.3) is 0 Å². The number of aliphatic hydroxyl groups excluding tert-OH is 1. The zero-order valence-corrected chi connectivity index (χ0v) is 15.3. The first-order valence-electron chi connectivity index (χ1n) is 8.20. The number of hydrogen-bond donors (Lipinski definition) is 1. The average molecular weight is 313 g/mol. The zero-order valence-electron chi connectivity index (χ0n) is 14.5. The summed E-state index contributed by atoms with van der Waals surface area (Å²) in [4.78, 5) is 8.26. The summed E-state index contributed by atoms with van der Waals surface area (Å²) in [5.74, 6) is 1.77. The molecule has 1 heterocycles. The normalized spacial score (nSPS) is 11.9. The molecule has 1 rings (SSSR count). The smallest absolute Gasteiger partial charge is 0.185 e. The maximum Gasteiger partial charge on any atom is 0.185 e. The van der Waals surface area contributed by atoms with E-state index in [-0.39, 0.29) is 6.61 Å². The molecular formula is C17H32N2OS. The molecule has 1 N–H and O–H groups in total. The van der Waals surface area contributed by atoms with E-state index in [9.17, 15) is 5.11 Å². The van der Waals surface area contributed by atoms with Crippen LogP contribution in [0.2, 0.25) is 0 Å². The molecule has 1 aromatic rings. The molecule has 0 radical (unpaired) electrons. The van der Waals surface area contributed by atoms with Crippen molar-refractivity contribution >= 4 is 16.5 Å². The lowest BCUT2D eigenvalue weighted by molar-refractivity contribution is 0.283. The van der Waals surface area contributed by atoms with Gasteiger partial charge >= 0.3 is 0 Å². The summed E-state index contributed by atoms with van der Waals surface area (Å²) >= 11 is 1.66. The van der Waals surface area contributed by atoms with Crippen molar-refractivity contribution in [2.24, 2.45) is 11.8 Å². The summed E-state index contributed by atoms with van der Waals surface area (Å²) in [5, 5.41) is 10.6. The molecule has 21 heavy (non-hydrogen) atoms. The van der Waals surface area contributed by atoms with Gasteiger partial charge in [0.2, 0.25) is 0 Å². The van der Waals surface area contributed by atoms with Crippen LogP contribution < -0.4 is 4.90 Å². The highest BCUT2D eigenvalue weighted by Crippen LogP contribution is 2.31. The lowest BCUT2D eigenvalue weighted by atomic mass is 10.1. The Morgan fingerprint density at radius 1 is 1.00 bits per heavy atom. The Kier molecular flexibility index (Phi) is 7.67. The first-order chi connectivity index (χ1) is 9.85. The van der Waals surface area contributed by atoms with Gasteiger partial charge in [-0.25, -0.2) is 4.98 Å². The minimum atomic E-state index is 0.105. The second kappa shape index (κ2) is 8.74. The van der Waals surface area contributed by atoms with Crippen molar-refractivity contribution in [1.82, 2.24) is 4.98 Å². The Bertz CT molecular complexity index is 401. The van der Waals surface area contributed by atoms with Crippen LogP contribution in [-0.4, -0.2) is 23.2 Å². The van der Waals surface area contributed by atoms with Gasteiger partial charge in [-0.2, -0.15) is 0 Å². The van der Waals surface area contributed by atoms with Gasteiger partial charge in [0.05, 0.1) is 17.2 Å². The predicted molar refractivity (Wildman–Crippen MR) is 93.2 cm³/mol. The lowest BCUT2D eigenvalue weighted by Gasteiger charge is -2.23. The molecule has 0 bridgehead atoms. The average Bonchev–Trinajstić information content (AvgIpc) is 2.82. The van der Waals surface area contributed by atoms with Crippen molar-refractivity contribution in [3.8, 4) is 0 Å². The fourth-order valence-electron chi connectivity index (χ4n) is 2.18. The van der Waals surface area contributed by atoms with E-state index in [1.807, 2.05) is 0 Å². The molecule has 122 valence electrons. The Hall–Kier alpha value is -0.610. The number of aliphatic hydroxyl groups is 1. The van der Waals surface area contributed by atoms with E-state index in [4.69, 9.17) is 4.98 Å². The molecule has 0 aliphatic rings. The maximum absolute atomic E-state index is 9.55. The minimum absolute atomic E-state index is 0.105. The predicted octanol–water partition coefficient (Wildman–Crippen LogP) is 4.66. The van der Waals surface area contributed by atoms with E-state index in [1.165, 1.54) is 12.8 Å². The molecule has 0 aliphatic carbocycles. The molecule has 0 atom stereocenters. The van der Waals surface area contributed by atoms with E-state index in [0.29, 0.717) is 17.8 Å². The lowest BCUT2D eigenvalue weighted by Crippen LogP contribution is -2.27. The molecule has 0 saturated heterocycles. The van der Waals surface area contributed by atoms with E-state index in [2.05, 4.69) is 46.4 Å². The van der Waals surface area contributed by atoms with Gasteiger partial charge in [-0.1, -0.05) is 52.9 Å². The van der Waals surface area contributed by atoms with Gasteiger partial charge in [0.25, 0.3) is 0 Å². The van der Waals surface area contributed by atoms with Crippen molar-refractivity contribution in [3.63, 3.8) is 0 Å². The Morgan fingerprint density at radius 2 is 1.52 bits per heavy atom. The van der Waals surface area contributed by atoms with Gasteiger partial charge in [-0.3, -0.25) is 0 Å². The molecule has 0 aromatic carbocycles. The number of thiazole rings is 1. The third-order valence-corrected chi connectivity index (χ3v) is 4.75. The van der Waals surface area contributed by atoms with Gasteiger partial charge in [-0.05, 0) is 30.6 Å². The number of anilines is 1. The summed E-state index contributed by atoms with van der Waals surface area (Å²) < 4.78 is 0. The molecule has 0 amide bonds. The number of rotatable bonds is 9. The van der Waals surface area contributed by atoms with Crippen LogP contribution in [0.4, 0.5) is 5.13 Å². The zero-order chi connectivity index (χ0) is 16.0. The van der Waals surface area contributed by atoms with Gasteiger partial charge in [0.1, 0.15) is 0 Å². The van der Waals surface area contributed by atoms with Crippen molar-refractivity contribution in [2.75, 3.05) is 18.0 Å². The molecule has 1 aromatic heterocycles. The largest absolute Gasteiger partial charge is 0.391 e. The summed E-state index contributed by atoms with van der Waals surface area (Å²) in [7, 11) is 0. The first kappa shape index (κ1) is 18.4. The number of nitrogens with zero attached hydrogens (tertiary/aromatic N) is 2. The van der Waals surface area contributed by atoms with Gasteiger partial charge < -0.3 is 10.0 Å². The molecule has 0 unspecified atom stereocenters. The van der Waals surface area contributed by atoms with E-state index >= 15 is 0 Å². The summed E-state index contributed by atoms with van der Waals surface area (Å²) in [6, 6.07) is 0. The molecular weight excluding hydrogens is 280 g/mol. The van der Waals surface area contributed by atoms with E-state index in [1.54, 1.807) is 11.3 Å². The Balaban J connectivity index is 2.90. The monoisotopic (exact) mass is 312 g/mol. The molecule has 4 heteroatoms. The highest BCUT2D eigenvalue weighted by molar-refractivity contribution is 7.15. The van der Waals surface area contributed by atoms with Crippen molar-refractivity contribution < 1.29 is 5.11 Å². The Labute approximate surface area is 134 Å². The van der Waals surface area contributed by atoms with Crippen molar-refractivity contribution in [1.29, 1.82) is 0 Å². The van der Waals surface area contributed by atoms with Gasteiger partial charge in [0.15, 0.2) is 5.13 Å². The maximum atomic E-state index is 9.55. The third kappa shape index (κ3) is 5.95. The van der Waals surface area contributed by atoms with Gasteiger partial charge in [-0.15, -0.1) is 0 Å². The fraction of sp³-hybridized carbons (Fsp3) is 0.824. The number of aromatic nitrogens is 1. The molecule has 0 spiro atoms. The minimum Gasteiger partial charge on any atom is -0.391 e. The summed E-state index contributed by atoms with van der Waals surface area (Å²) in [5.41, 5.74) is 1.07. The standard InChI is InChI=1S/C17H32N2OS/c1-12(2)7-9-19(10-8-13(3)4)17-18-16(14(5)6)15(11-20)21-17/h12-14,20H,7-11H2,1-6H3. The van der Waals surface area contributed by atoms with Crippen LogP contribution in [0.15, 0.2) is 0 Å². The highest BCUT2D eigenvalue weighted by Gasteiger charge is 2.18. The van der Waals surface area contributed by atoms with Crippen molar-refractivity contribution in [2.45, 2.75) is 66.9 Å². The van der Waals surface area contributed by atoms with Crippen LogP contribution in [0, 0.1) is 11.8 Å².